The molecule has 6 nitrogen and oxygen atoms in total. The van der Waals surface area contributed by atoms with Gasteiger partial charge in [-0.1, -0.05) is 25.3 Å². The van der Waals surface area contributed by atoms with Crippen LogP contribution in [0.2, 0.25) is 0 Å². The summed E-state index contributed by atoms with van der Waals surface area (Å²) in [5, 5.41) is 2.56. The molecule has 1 aliphatic carbocycles. The van der Waals surface area contributed by atoms with Gasteiger partial charge >= 0.3 is 0 Å². The molecular weight excluding hydrogens is 383 g/mol. The van der Waals surface area contributed by atoms with E-state index in [1.165, 1.54) is 43.5 Å². The van der Waals surface area contributed by atoms with Gasteiger partial charge in [-0.25, -0.2) is 17.5 Å². The summed E-state index contributed by atoms with van der Waals surface area (Å²) in [6.45, 7) is 0. The highest BCUT2D eigenvalue weighted by molar-refractivity contribution is 7.89. The number of anilines is 1. The van der Waals surface area contributed by atoms with E-state index in [1.807, 2.05) is 0 Å². The van der Waals surface area contributed by atoms with E-state index in [2.05, 4.69) is 10.0 Å². The van der Waals surface area contributed by atoms with Gasteiger partial charge < -0.3 is 10.1 Å². The lowest BCUT2D eigenvalue weighted by Crippen LogP contribution is -2.36. The fraction of sp³-hybridized carbons (Fsp3) is 0.350. The molecule has 28 heavy (non-hydrogen) atoms. The van der Waals surface area contributed by atoms with E-state index < -0.39 is 21.7 Å². The van der Waals surface area contributed by atoms with Crippen molar-refractivity contribution in [3.05, 3.63) is 53.8 Å². The molecule has 8 heteroatoms. The van der Waals surface area contributed by atoms with Crippen molar-refractivity contribution in [3.63, 3.8) is 0 Å². The summed E-state index contributed by atoms with van der Waals surface area (Å²) in [7, 11) is -2.48. The largest absolute Gasteiger partial charge is 0.495 e. The van der Waals surface area contributed by atoms with Crippen molar-refractivity contribution in [1.82, 2.24) is 4.72 Å². The Balaban J connectivity index is 1.85. The molecule has 3 rings (SSSR count). The lowest BCUT2D eigenvalue weighted by molar-refractivity contribution is 0.102. The third kappa shape index (κ3) is 4.88. The zero-order valence-electron chi connectivity index (χ0n) is 15.6. The van der Waals surface area contributed by atoms with Crippen molar-refractivity contribution in [1.29, 1.82) is 0 Å². The first-order valence-corrected chi connectivity index (χ1v) is 10.6. The number of hydrogen-bond acceptors (Lipinski definition) is 4. The van der Waals surface area contributed by atoms with Gasteiger partial charge in [-0.15, -0.1) is 0 Å². The normalized spacial score (nSPS) is 15.2. The van der Waals surface area contributed by atoms with E-state index in [-0.39, 0.29) is 27.9 Å². The van der Waals surface area contributed by atoms with Crippen LogP contribution in [0.15, 0.2) is 47.4 Å². The molecule has 0 spiro atoms. The zero-order chi connectivity index (χ0) is 20.1. The van der Waals surface area contributed by atoms with Crippen LogP contribution in [0.25, 0.3) is 0 Å². The number of carbonyl (C=O) groups excluding carboxylic acids is 1. The molecule has 2 N–H and O–H groups in total. The van der Waals surface area contributed by atoms with Crippen LogP contribution in [-0.4, -0.2) is 27.5 Å². The molecular formula is C20H23FN2O4S. The Bertz CT molecular complexity index is 956. The highest BCUT2D eigenvalue weighted by atomic mass is 32.2. The number of nitrogens with one attached hydrogen (secondary N) is 2. The number of halogens is 1. The van der Waals surface area contributed by atoms with Gasteiger partial charge in [-0.05, 0) is 49.2 Å². The van der Waals surface area contributed by atoms with E-state index in [0.717, 1.165) is 32.1 Å². The number of sulfonamides is 1. The summed E-state index contributed by atoms with van der Waals surface area (Å²) < 4.78 is 47.0. The van der Waals surface area contributed by atoms with Crippen molar-refractivity contribution in [2.75, 3.05) is 12.4 Å². The van der Waals surface area contributed by atoms with Gasteiger partial charge in [0.05, 0.1) is 7.11 Å². The number of hydrogen-bond donors (Lipinski definition) is 2. The number of benzene rings is 2. The number of ether oxygens (including phenoxy) is 1. The molecule has 1 amide bonds. The maximum atomic E-state index is 13.3. The van der Waals surface area contributed by atoms with Crippen LogP contribution in [0, 0.1) is 5.82 Å². The molecule has 1 fully saturated rings. The average molecular weight is 406 g/mol. The van der Waals surface area contributed by atoms with Gasteiger partial charge in [0.1, 0.15) is 16.5 Å². The quantitative estimate of drug-likeness (QED) is 0.766. The Labute approximate surface area is 164 Å². The fourth-order valence-corrected chi connectivity index (χ4v) is 4.80. The molecule has 0 saturated heterocycles. The Morgan fingerprint density at radius 1 is 1.11 bits per heavy atom. The number of carbonyl (C=O) groups is 1. The predicted molar refractivity (Wildman–Crippen MR) is 105 cm³/mol. The van der Waals surface area contributed by atoms with Gasteiger partial charge in [0, 0.05) is 17.3 Å². The molecule has 0 heterocycles. The van der Waals surface area contributed by atoms with Crippen molar-refractivity contribution >= 4 is 21.6 Å². The Hall–Kier alpha value is -2.45. The monoisotopic (exact) mass is 406 g/mol. The average Bonchev–Trinajstić information content (AvgIpc) is 2.68. The molecule has 0 atom stereocenters. The second-order valence-corrected chi connectivity index (χ2v) is 8.47. The van der Waals surface area contributed by atoms with E-state index in [0.29, 0.717) is 0 Å². The fourth-order valence-electron chi connectivity index (χ4n) is 3.30. The first-order valence-electron chi connectivity index (χ1n) is 9.16. The maximum Gasteiger partial charge on any atom is 0.255 e. The van der Waals surface area contributed by atoms with E-state index >= 15 is 0 Å². The lowest BCUT2D eigenvalue weighted by atomic mass is 9.96. The van der Waals surface area contributed by atoms with Crippen LogP contribution in [0.1, 0.15) is 42.5 Å². The molecule has 2 aromatic rings. The number of methoxy groups -OCH3 is 1. The second kappa shape index (κ2) is 8.70. The van der Waals surface area contributed by atoms with E-state index in [4.69, 9.17) is 4.74 Å². The Morgan fingerprint density at radius 2 is 1.86 bits per heavy atom. The van der Waals surface area contributed by atoms with E-state index in [1.54, 1.807) is 6.07 Å². The van der Waals surface area contributed by atoms with Crippen molar-refractivity contribution < 1.29 is 22.3 Å². The summed E-state index contributed by atoms with van der Waals surface area (Å²) in [5.41, 5.74) is 0.416. The molecule has 150 valence electrons. The minimum absolute atomic E-state index is 0.0903. The van der Waals surface area contributed by atoms with Gasteiger partial charge in [0.25, 0.3) is 5.91 Å². The highest BCUT2D eigenvalue weighted by Gasteiger charge is 2.26. The van der Waals surface area contributed by atoms with Crippen LogP contribution >= 0.6 is 0 Å². The first kappa shape index (κ1) is 20.3. The molecule has 0 aliphatic heterocycles. The molecule has 0 unspecified atom stereocenters. The Kier molecular flexibility index (Phi) is 6.31. The molecule has 0 radical (unpaired) electrons. The summed E-state index contributed by atoms with van der Waals surface area (Å²) in [6, 6.07) is 9.54. The van der Waals surface area contributed by atoms with Crippen LogP contribution in [-0.2, 0) is 10.0 Å². The third-order valence-corrected chi connectivity index (χ3v) is 6.27. The van der Waals surface area contributed by atoms with Crippen LogP contribution < -0.4 is 14.8 Å². The summed E-state index contributed by atoms with van der Waals surface area (Å²) >= 11 is 0. The van der Waals surface area contributed by atoms with Crippen LogP contribution in [0.5, 0.6) is 5.75 Å². The molecule has 0 aromatic heterocycles. The number of rotatable bonds is 6. The second-order valence-electron chi connectivity index (χ2n) is 6.79. The predicted octanol–water partition coefficient (Wildman–Crippen LogP) is 3.70. The molecule has 1 saturated carbocycles. The van der Waals surface area contributed by atoms with Gasteiger partial charge in [-0.3, -0.25) is 4.79 Å². The van der Waals surface area contributed by atoms with Crippen molar-refractivity contribution in [2.24, 2.45) is 0 Å². The zero-order valence-corrected chi connectivity index (χ0v) is 16.4. The number of amides is 1. The van der Waals surface area contributed by atoms with Crippen LogP contribution in [0.4, 0.5) is 10.1 Å². The maximum absolute atomic E-state index is 13.3. The lowest BCUT2D eigenvalue weighted by Gasteiger charge is -2.23. The Morgan fingerprint density at radius 3 is 2.54 bits per heavy atom. The highest BCUT2D eigenvalue weighted by Crippen LogP contribution is 2.27. The molecule has 0 bridgehead atoms. The van der Waals surface area contributed by atoms with E-state index in [9.17, 15) is 17.6 Å². The third-order valence-electron chi connectivity index (χ3n) is 4.72. The SMILES string of the molecule is COc1ccc(C(=O)Nc2cccc(F)c2)cc1S(=O)(=O)NC1CCCCC1. The van der Waals surface area contributed by atoms with Crippen molar-refractivity contribution in [3.8, 4) is 5.75 Å². The van der Waals surface area contributed by atoms with Gasteiger partial charge in [0.2, 0.25) is 10.0 Å². The minimum Gasteiger partial charge on any atom is -0.495 e. The topological polar surface area (TPSA) is 84.5 Å². The summed E-state index contributed by atoms with van der Waals surface area (Å²) in [4.78, 5) is 12.4. The summed E-state index contributed by atoms with van der Waals surface area (Å²) in [5.74, 6) is -0.861. The van der Waals surface area contributed by atoms with Crippen molar-refractivity contribution in [2.45, 2.75) is 43.0 Å². The molecule has 1 aliphatic rings. The first-order chi connectivity index (χ1) is 13.4. The summed E-state index contributed by atoms with van der Waals surface area (Å²) in [6.07, 6.45) is 4.67. The van der Waals surface area contributed by atoms with Gasteiger partial charge in [0.15, 0.2) is 0 Å². The standard InChI is InChI=1S/C20H23FN2O4S/c1-27-18-11-10-14(20(24)22-17-9-5-6-15(21)13-17)12-19(18)28(25,26)23-16-7-3-2-4-8-16/h5-6,9-13,16,23H,2-4,7-8H2,1H3,(H,22,24). The smallest absolute Gasteiger partial charge is 0.255 e. The van der Waals surface area contributed by atoms with Gasteiger partial charge in [-0.2, -0.15) is 0 Å². The van der Waals surface area contributed by atoms with Crippen LogP contribution in [0.3, 0.4) is 0 Å². The molecule has 2 aromatic carbocycles. The minimum atomic E-state index is -3.85.